The van der Waals surface area contributed by atoms with E-state index in [0.29, 0.717) is 25.7 Å². The van der Waals surface area contributed by atoms with Gasteiger partial charge in [-0.05, 0) is 57.3 Å². The van der Waals surface area contributed by atoms with Crippen molar-refractivity contribution in [2.75, 3.05) is 39.6 Å². The lowest BCUT2D eigenvalue weighted by Gasteiger charge is -2.21. The number of phosphoric acid groups is 2. The van der Waals surface area contributed by atoms with Gasteiger partial charge < -0.3 is 33.8 Å². The Morgan fingerprint density at radius 1 is 0.333 bits per heavy atom. The number of carbonyl (C=O) groups is 4. The molecule has 93 heavy (non-hydrogen) atoms. The zero-order chi connectivity index (χ0) is 68.4. The second kappa shape index (κ2) is 66.8. The van der Waals surface area contributed by atoms with Gasteiger partial charge in [0, 0.05) is 25.7 Å². The number of aliphatic hydroxyl groups excluding tert-OH is 1. The van der Waals surface area contributed by atoms with E-state index in [2.05, 4.69) is 58.9 Å². The molecule has 0 aliphatic carbocycles. The molecule has 0 radical (unpaired) electrons. The summed E-state index contributed by atoms with van der Waals surface area (Å²) in [5, 5.41) is 10.6. The lowest BCUT2D eigenvalue weighted by Crippen LogP contribution is -2.30. The summed E-state index contributed by atoms with van der Waals surface area (Å²) in [5.74, 6) is -1.36. The van der Waals surface area contributed by atoms with Crippen LogP contribution in [0.5, 0.6) is 0 Å². The van der Waals surface area contributed by atoms with E-state index in [4.69, 9.17) is 37.0 Å². The third kappa shape index (κ3) is 67.9. The molecular weight excluding hydrogens is 1220 g/mol. The number of unbranched alkanes of at least 4 members (excludes halogenated alkanes) is 41. The fourth-order valence-corrected chi connectivity index (χ4v) is 12.4. The number of phosphoric ester groups is 2. The van der Waals surface area contributed by atoms with E-state index in [1.165, 1.54) is 167 Å². The minimum absolute atomic E-state index is 0.101. The van der Waals surface area contributed by atoms with Gasteiger partial charge >= 0.3 is 39.5 Å². The average Bonchev–Trinajstić information content (AvgIpc) is 3.73. The number of carbonyl (C=O) groups excluding carboxylic acids is 4. The summed E-state index contributed by atoms with van der Waals surface area (Å²) in [7, 11) is -9.92. The first-order valence-electron chi connectivity index (χ1n) is 38.0. The first-order valence-corrected chi connectivity index (χ1v) is 40.9. The maximum Gasteiger partial charge on any atom is 0.472 e. The molecule has 0 bridgehead atoms. The number of ether oxygens (including phenoxy) is 4. The number of hydrogen-bond donors (Lipinski definition) is 3. The van der Waals surface area contributed by atoms with Crippen LogP contribution in [0.15, 0.2) is 24.3 Å². The highest BCUT2D eigenvalue weighted by molar-refractivity contribution is 7.47. The molecular formula is C74H140O17P2. The zero-order valence-corrected chi connectivity index (χ0v) is 61.7. The maximum atomic E-state index is 13.1. The molecule has 0 saturated heterocycles. The molecule has 0 amide bonds. The average molecular weight is 1360 g/mol. The Bertz CT molecular complexity index is 1880. The van der Waals surface area contributed by atoms with Crippen LogP contribution in [-0.4, -0.2) is 96.7 Å². The van der Waals surface area contributed by atoms with E-state index in [1.54, 1.807) is 0 Å². The van der Waals surface area contributed by atoms with Crippen LogP contribution in [0.25, 0.3) is 0 Å². The SMILES string of the molecule is CCCCCC/C=C\C=C/CCCCCCCC(=O)OC[C@H](COP(=O)(O)OC[C@@H](O)COP(=O)(O)OC[C@@H](COC(=O)CCCCCCCCCCCCC)OC(=O)CCCCCCCCCCCCC)OC(=O)CCCCCCCCCCCCCCCC(C)C. The van der Waals surface area contributed by atoms with Gasteiger partial charge in [-0.2, -0.15) is 0 Å². The predicted octanol–water partition coefficient (Wildman–Crippen LogP) is 21.2. The Morgan fingerprint density at radius 2 is 0.581 bits per heavy atom. The molecule has 19 heteroatoms. The molecule has 0 heterocycles. The van der Waals surface area contributed by atoms with Crippen LogP contribution in [0.1, 0.15) is 362 Å². The fraction of sp³-hybridized carbons (Fsp3) is 0.892. The largest absolute Gasteiger partial charge is 0.472 e. The van der Waals surface area contributed by atoms with Gasteiger partial charge in [-0.1, -0.05) is 309 Å². The van der Waals surface area contributed by atoms with Crippen molar-refractivity contribution in [3.8, 4) is 0 Å². The summed E-state index contributed by atoms with van der Waals surface area (Å²) in [6, 6.07) is 0. The van der Waals surface area contributed by atoms with Crippen molar-refractivity contribution in [3.63, 3.8) is 0 Å². The lowest BCUT2D eigenvalue weighted by molar-refractivity contribution is -0.161. The second-order valence-electron chi connectivity index (χ2n) is 26.5. The monoisotopic (exact) mass is 1360 g/mol. The summed E-state index contributed by atoms with van der Waals surface area (Å²) in [4.78, 5) is 72.7. The Morgan fingerprint density at radius 3 is 0.882 bits per heavy atom. The van der Waals surface area contributed by atoms with Crippen molar-refractivity contribution in [1.29, 1.82) is 0 Å². The van der Waals surface area contributed by atoms with Gasteiger partial charge in [-0.15, -0.1) is 0 Å². The predicted molar refractivity (Wildman–Crippen MR) is 377 cm³/mol. The van der Waals surface area contributed by atoms with Crippen LogP contribution in [0, 0.1) is 5.92 Å². The van der Waals surface area contributed by atoms with Crippen molar-refractivity contribution in [2.24, 2.45) is 5.92 Å². The molecule has 17 nitrogen and oxygen atoms in total. The first kappa shape index (κ1) is 90.5. The fourth-order valence-electron chi connectivity index (χ4n) is 10.8. The van der Waals surface area contributed by atoms with Crippen LogP contribution in [0.3, 0.4) is 0 Å². The van der Waals surface area contributed by atoms with Gasteiger partial charge in [0.15, 0.2) is 12.2 Å². The van der Waals surface area contributed by atoms with Crippen molar-refractivity contribution < 1.29 is 80.2 Å². The van der Waals surface area contributed by atoms with E-state index >= 15 is 0 Å². The molecule has 0 fully saturated rings. The van der Waals surface area contributed by atoms with Crippen molar-refractivity contribution in [1.82, 2.24) is 0 Å². The van der Waals surface area contributed by atoms with Crippen LogP contribution in [0.2, 0.25) is 0 Å². The topological polar surface area (TPSA) is 237 Å². The van der Waals surface area contributed by atoms with Gasteiger partial charge in [-0.3, -0.25) is 37.3 Å². The molecule has 0 aliphatic heterocycles. The molecule has 2 unspecified atom stereocenters. The van der Waals surface area contributed by atoms with Gasteiger partial charge in [0.05, 0.1) is 26.4 Å². The van der Waals surface area contributed by atoms with Gasteiger partial charge in [-0.25, -0.2) is 9.13 Å². The van der Waals surface area contributed by atoms with Crippen molar-refractivity contribution in [3.05, 3.63) is 24.3 Å². The number of esters is 4. The standard InChI is InChI=1S/C74H140O17P2/c1-6-9-12-15-18-21-24-25-26-29-34-38-43-48-53-58-72(77)85-64-70(91-74(79)60-55-50-45-40-35-30-27-28-33-36-41-46-51-56-67(4)5)66-89-93(82,83)87-62-68(75)61-86-92(80,81)88-65-69(90-73(78)59-54-49-44-39-32-23-20-17-14-11-8-3)63-84-71(76)57-52-47-42-37-31-22-19-16-13-10-7-2/h21,24-26,67-70,75H,6-20,22-23,27-66H2,1-5H3,(H,80,81)(H,82,83)/b24-21-,26-25-/t68-,69+,70+/m0/s1. The smallest absolute Gasteiger partial charge is 0.462 e. The third-order valence-corrected chi connectivity index (χ3v) is 18.6. The van der Waals surface area contributed by atoms with Crippen molar-refractivity contribution >= 4 is 39.5 Å². The van der Waals surface area contributed by atoms with Gasteiger partial charge in [0.2, 0.25) is 0 Å². The summed E-state index contributed by atoms with van der Waals surface area (Å²) >= 11 is 0. The van der Waals surface area contributed by atoms with E-state index in [1.807, 2.05) is 0 Å². The highest BCUT2D eigenvalue weighted by Gasteiger charge is 2.30. The molecule has 0 aliphatic rings. The first-order chi connectivity index (χ1) is 45.0. The number of aliphatic hydroxyl groups is 1. The third-order valence-electron chi connectivity index (χ3n) is 16.7. The van der Waals surface area contributed by atoms with Crippen LogP contribution < -0.4 is 0 Å². The Hall–Kier alpha value is -2.46. The number of rotatable bonds is 72. The van der Waals surface area contributed by atoms with Crippen LogP contribution >= 0.6 is 15.6 Å². The van der Waals surface area contributed by atoms with Gasteiger partial charge in [0.1, 0.15) is 19.3 Å². The molecule has 548 valence electrons. The molecule has 0 saturated carbocycles. The molecule has 0 rings (SSSR count). The maximum absolute atomic E-state index is 13.1. The van der Waals surface area contributed by atoms with Crippen molar-refractivity contribution in [2.45, 2.75) is 380 Å². The molecule has 0 aromatic carbocycles. The highest BCUT2D eigenvalue weighted by Crippen LogP contribution is 2.45. The minimum Gasteiger partial charge on any atom is -0.462 e. The number of hydrogen-bond acceptors (Lipinski definition) is 15. The normalized spacial score (nSPS) is 14.2. The molecule has 5 atom stereocenters. The quantitative estimate of drug-likeness (QED) is 0.0169. The van der Waals surface area contributed by atoms with E-state index in [-0.39, 0.29) is 25.7 Å². The van der Waals surface area contributed by atoms with Crippen LogP contribution in [-0.2, 0) is 65.4 Å². The van der Waals surface area contributed by atoms with E-state index < -0.39 is 97.5 Å². The minimum atomic E-state index is -4.96. The summed E-state index contributed by atoms with van der Waals surface area (Å²) in [6.07, 6.45) is 57.5. The van der Waals surface area contributed by atoms with Crippen LogP contribution in [0.4, 0.5) is 0 Å². The molecule has 0 aromatic heterocycles. The zero-order valence-electron chi connectivity index (χ0n) is 59.9. The molecule has 0 aromatic rings. The lowest BCUT2D eigenvalue weighted by atomic mass is 10.0. The van der Waals surface area contributed by atoms with E-state index in [9.17, 15) is 43.2 Å². The van der Waals surface area contributed by atoms with Gasteiger partial charge in [0.25, 0.3) is 0 Å². The summed E-state index contributed by atoms with van der Waals surface area (Å²) < 4.78 is 68.4. The Labute approximate surface area is 567 Å². The Balaban J connectivity index is 5.28. The highest BCUT2D eigenvalue weighted by atomic mass is 31.2. The molecule has 3 N–H and O–H groups in total. The Kier molecular flexibility index (Phi) is 65.0. The number of allylic oxidation sites excluding steroid dienone is 4. The molecule has 0 spiro atoms. The van der Waals surface area contributed by atoms with E-state index in [0.717, 1.165) is 115 Å². The second-order valence-corrected chi connectivity index (χ2v) is 29.4. The summed E-state index contributed by atoms with van der Waals surface area (Å²) in [5.41, 5.74) is 0. The summed E-state index contributed by atoms with van der Waals surface area (Å²) in [6.45, 7) is 7.22.